The van der Waals surface area contributed by atoms with Crippen molar-refractivity contribution in [2.45, 2.75) is 51.7 Å². The molecule has 126 valence electrons. The first-order valence-corrected chi connectivity index (χ1v) is 9.14. The van der Waals surface area contributed by atoms with Crippen LogP contribution in [0.2, 0.25) is 0 Å². The summed E-state index contributed by atoms with van der Waals surface area (Å²) in [5.74, 6) is -0.579. The fourth-order valence-electron chi connectivity index (χ4n) is 3.62. The fraction of sp³-hybridized carbons (Fsp3) is 0.611. The van der Waals surface area contributed by atoms with E-state index in [1.807, 2.05) is 12.3 Å². The van der Waals surface area contributed by atoms with Crippen LogP contribution in [-0.2, 0) is 14.2 Å². The predicted octanol–water partition coefficient (Wildman–Crippen LogP) is 4.32. The lowest BCUT2D eigenvalue weighted by Gasteiger charge is -2.33. The molecule has 1 saturated heterocycles. The summed E-state index contributed by atoms with van der Waals surface area (Å²) in [5, 5.41) is 1.92. The topological polar surface area (TPSA) is 44.8 Å². The van der Waals surface area contributed by atoms with Crippen LogP contribution in [-0.4, -0.2) is 32.1 Å². The molecule has 1 spiro atoms. The van der Waals surface area contributed by atoms with E-state index in [2.05, 4.69) is 6.92 Å². The minimum absolute atomic E-state index is 0.249. The van der Waals surface area contributed by atoms with E-state index >= 15 is 0 Å². The van der Waals surface area contributed by atoms with E-state index in [-0.39, 0.29) is 11.8 Å². The van der Waals surface area contributed by atoms with E-state index in [0.717, 1.165) is 37.7 Å². The average Bonchev–Trinajstić information content (AvgIpc) is 3.17. The van der Waals surface area contributed by atoms with E-state index in [1.165, 1.54) is 23.1 Å². The van der Waals surface area contributed by atoms with E-state index in [1.54, 1.807) is 11.3 Å². The van der Waals surface area contributed by atoms with Gasteiger partial charge < -0.3 is 14.2 Å². The van der Waals surface area contributed by atoms with Gasteiger partial charge in [0.15, 0.2) is 5.79 Å². The Labute approximate surface area is 141 Å². The second-order valence-corrected chi connectivity index (χ2v) is 7.02. The molecule has 0 N–H and O–H groups in total. The Bertz CT molecular complexity index is 611. The molecule has 2 fully saturated rings. The molecule has 3 rings (SSSR count). The highest BCUT2D eigenvalue weighted by Crippen LogP contribution is 2.43. The van der Waals surface area contributed by atoms with Crippen LogP contribution in [0.4, 0.5) is 0 Å². The summed E-state index contributed by atoms with van der Waals surface area (Å²) in [4.78, 5) is 13.1. The van der Waals surface area contributed by atoms with Crippen molar-refractivity contribution in [1.82, 2.24) is 0 Å². The van der Waals surface area contributed by atoms with Gasteiger partial charge in [0.25, 0.3) is 0 Å². The lowest BCUT2D eigenvalue weighted by molar-refractivity contribution is -0.171. The van der Waals surface area contributed by atoms with Gasteiger partial charge in [-0.3, -0.25) is 0 Å². The minimum atomic E-state index is -0.329. The molecule has 1 saturated carbocycles. The fourth-order valence-corrected chi connectivity index (χ4v) is 4.84. The van der Waals surface area contributed by atoms with Crippen LogP contribution < -0.4 is 0 Å². The number of methoxy groups -OCH3 is 1. The molecular weight excluding hydrogens is 312 g/mol. The van der Waals surface area contributed by atoms with E-state index < -0.39 is 0 Å². The van der Waals surface area contributed by atoms with Gasteiger partial charge in [-0.05, 0) is 37.3 Å². The van der Waals surface area contributed by atoms with Crippen molar-refractivity contribution in [2.24, 2.45) is 0 Å². The van der Waals surface area contributed by atoms with E-state index in [4.69, 9.17) is 14.2 Å². The third-order valence-electron chi connectivity index (χ3n) is 4.93. The molecule has 0 unspecified atom stereocenters. The Kier molecular flexibility index (Phi) is 4.90. The van der Waals surface area contributed by atoms with Crippen molar-refractivity contribution < 1.29 is 19.0 Å². The molecule has 1 aromatic heterocycles. The monoisotopic (exact) mass is 336 g/mol. The lowest BCUT2D eigenvalue weighted by atomic mass is 9.85. The zero-order chi connectivity index (χ0) is 16.4. The molecule has 23 heavy (non-hydrogen) atoms. The smallest absolute Gasteiger partial charge is 0.338 e. The molecule has 2 aliphatic rings. The predicted molar refractivity (Wildman–Crippen MR) is 90.7 cm³/mol. The molecule has 0 atom stereocenters. The zero-order valence-electron chi connectivity index (χ0n) is 14.1. The number of carbonyl (C=O) groups excluding carboxylic acids is 1. The van der Waals surface area contributed by atoms with Crippen LogP contribution in [0.5, 0.6) is 0 Å². The molecule has 1 aliphatic carbocycles. The summed E-state index contributed by atoms with van der Waals surface area (Å²) in [6, 6.07) is 0. The van der Waals surface area contributed by atoms with Crippen LogP contribution in [0.15, 0.2) is 11.0 Å². The Morgan fingerprint density at radius 3 is 2.52 bits per heavy atom. The first kappa shape index (κ1) is 16.7. The third-order valence-corrected chi connectivity index (χ3v) is 6.07. The normalized spacial score (nSPS) is 20.0. The first-order chi connectivity index (χ1) is 11.1. The third kappa shape index (κ3) is 3.10. The first-order valence-electron chi connectivity index (χ1n) is 8.26. The highest BCUT2D eigenvalue weighted by Gasteiger charge is 2.39. The Hall–Kier alpha value is -1.17. The summed E-state index contributed by atoms with van der Waals surface area (Å²) < 4.78 is 16.5. The summed E-state index contributed by atoms with van der Waals surface area (Å²) in [5.41, 5.74) is 4.60. The maximum absolute atomic E-state index is 11.8. The molecule has 4 nitrogen and oxygen atoms in total. The molecule has 2 heterocycles. The SMILES string of the molecule is CCC(=C1CCC2(CC1)OCCO2)c1scc(C(=O)OC)c1C. The highest BCUT2D eigenvalue weighted by atomic mass is 32.1. The molecule has 1 aliphatic heterocycles. The minimum Gasteiger partial charge on any atom is -0.465 e. The van der Waals surface area contributed by atoms with E-state index in [9.17, 15) is 4.79 Å². The van der Waals surface area contributed by atoms with Crippen LogP contribution in [0.3, 0.4) is 0 Å². The molecule has 0 bridgehead atoms. The molecule has 5 heteroatoms. The van der Waals surface area contributed by atoms with Gasteiger partial charge >= 0.3 is 5.97 Å². The van der Waals surface area contributed by atoms with Crippen molar-refractivity contribution in [3.63, 3.8) is 0 Å². The Morgan fingerprint density at radius 1 is 1.30 bits per heavy atom. The maximum atomic E-state index is 11.8. The lowest BCUT2D eigenvalue weighted by Crippen LogP contribution is -2.33. The van der Waals surface area contributed by atoms with Crippen LogP contribution in [0.25, 0.3) is 5.57 Å². The van der Waals surface area contributed by atoms with E-state index in [0.29, 0.717) is 18.8 Å². The summed E-state index contributed by atoms with van der Waals surface area (Å²) in [6.45, 7) is 5.63. The van der Waals surface area contributed by atoms with Gasteiger partial charge in [0.05, 0.1) is 25.9 Å². The van der Waals surface area contributed by atoms with Gasteiger partial charge in [0.1, 0.15) is 0 Å². The number of ether oxygens (including phenoxy) is 3. The van der Waals surface area contributed by atoms with Crippen molar-refractivity contribution >= 4 is 22.9 Å². The van der Waals surface area contributed by atoms with Crippen LogP contribution in [0.1, 0.15) is 59.8 Å². The second-order valence-electron chi connectivity index (χ2n) is 6.14. The number of rotatable bonds is 3. The van der Waals surface area contributed by atoms with Crippen molar-refractivity contribution in [1.29, 1.82) is 0 Å². The van der Waals surface area contributed by atoms with Gasteiger partial charge in [-0.25, -0.2) is 4.79 Å². The second kappa shape index (κ2) is 6.75. The number of hydrogen-bond donors (Lipinski definition) is 0. The van der Waals surface area contributed by atoms with Crippen molar-refractivity contribution in [2.75, 3.05) is 20.3 Å². The number of esters is 1. The van der Waals surface area contributed by atoms with Crippen molar-refractivity contribution in [3.05, 3.63) is 27.0 Å². The number of thiophene rings is 1. The Morgan fingerprint density at radius 2 is 1.96 bits per heavy atom. The Balaban J connectivity index is 1.85. The molecular formula is C18H24O4S. The van der Waals surface area contributed by atoms with Crippen LogP contribution in [0, 0.1) is 6.92 Å². The summed E-state index contributed by atoms with van der Waals surface area (Å²) in [6.07, 6.45) is 4.86. The molecule has 0 amide bonds. The van der Waals surface area contributed by atoms with Gasteiger partial charge in [-0.15, -0.1) is 11.3 Å². The maximum Gasteiger partial charge on any atom is 0.338 e. The van der Waals surface area contributed by atoms with Crippen LogP contribution >= 0.6 is 11.3 Å². The van der Waals surface area contributed by atoms with Gasteiger partial charge in [0, 0.05) is 23.1 Å². The van der Waals surface area contributed by atoms with Gasteiger partial charge in [0.2, 0.25) is 0 Å². The number of carbonyl (C=O) groups is 1. The van der Waals surface area contributed by atoms with Gasteiger partial charge in [-0.1, -0.05) is 12.5 Å². The molecule has 1 aromatic rings. The summed E-state index contributed by atoms with van der Waals surface area (Å²) in [7, 11) is 1.43. The molecule has 0 radical (unpaired) electrons. The largest absolute Gasteiger partial charge is 0.465 e. The highest BCUT2D eigenvalue weighted by molar-refractivity contribution is 7.11. The standard InChI is InChI=1S/C18H24O4S/c1-4-14(16-12(2)15(11-23-16)17(19)20-3)13-5-7-18(8-6-13)21-9-10-22-18/h11H,4-10H2,1-3H3. The number of hydrogen-bond acceptors (Lipinski definition) is 5. The zero-order valence-corrected chi connectivity index (χ0v) is 14.9. The molecule has 0 aromatic carbocycles. The summed E-state index contributed by atoms with van der Waals surface area (Å²) >= 11 is 1.65. The quantitative estimate of drug-likeness (QED) is 0.771. The average molecular weight is 336 g/mol. The van der Waals surface area contributed by atoms with Gasteiger partial charge in [-0.2, -0.15) is 0 Å². The van der Waals surface area contributed by atoms with Crippen molar-refractivity contribution in [3.8, 4) is 0 Å². The number of allylic oxidation sites excluding steroid dienone is 2.